The molecule has 1 saturated heterocycles. The topological polar surface area (TPSA) is 29.3 Å². The minimum absolute atomic E-state index is 0.701. The van der Waals surface area contributed by atoms with E-state index in [0.717, 1.165) is 18.5 Å². The maximum atomic E-state index is 5.68. The lowest BCUT2D eigenvalue weighted by Gasteiger charge is -2.38. The van der Waals surface area contributed by atoms with Crippen molar-refractivity contribution in [3.05, 3.63) is 0 Å². The van der Waals surface area contributed by atoms with Crippen LogP contribution < -0.4 is 5.73 Å². The van der Waals surface area contributed by atoms with E-state index in [9.17, 15) is 0 Å². The summed E-state index contributed by atoms with van der Waals surface area (Å²) >= 11 is 0. The highest BCUT2D eigenvalue weighted by atomic mass is 15.2. The maximum Gasteiger partial charge on any atom is 0.0123 e. The van der Waals surface area contributed by atoms with Crippen LogP contribution in [0.25, 0.3) is 0 Å². The second-order valence-electron chi connectivity index (χ2n) is 5.57. The van der Waals surface area contributed by atoms with Gasteiger partial charge in [0.2, 0.25) is 0 Å². The van der Waals surface area contributed by atoms with Crippen LogP contribution >= 0.6 is 0 Å². The molecule has 2 rings (SSSR count). The first-order chi connectivity index (χ1) is 7.31. The molecular formula is C13H26N2. The van der Waals surface area contributed by atoms with Crippen molar-refractivity contribution in [1.29, 1.82) is 0 Å². The number of piperidine rings is 1. The highest BCUT2D eigenvalue weighted by molar-refractivity contribution is 4.89. The van der Waals surface area contributed by atoms with Crippen LogP contribution in [-0.4, -0.2) is 30.6 Å². The van der Waals surface area contributed by atoms with Gasteiger partial charge < -0.3 is 10.6 Å². The lowest BCUT2D eigenvalue weighted by molar-refractivity contribution is 0.107. The predicted molar refractivity (Wildman–Crippen MR) is 64.8 cm³/mol. The van der Waals surface area contributed by atoms with E-state index < -0.39 is 0 Å². The molecule has 1 heterocycles. The van der Waals surface area contributed by atoms with Crippen LogP contribution in [0.1, 0.15) is 45.4 Å². The van der Waals surface area contributed by atoms with Crippen molar-refractivity contribution >= 4 is 0 Å². The molecule has 3 atom stereocenters. The van der Waals surface area contributed by atoms with Gasteiger partial charge in [0.15, 0.2) is 0 Å². The van der Waals surface area contributed by atoms with Gasteiger partial charge in [0.05, 0.1) is 0 Å². The third-order valence-electron chi connectivity index (χ3n) is 4.42. The SMILES string of the molecule is CC(CN)CCN1CCCC2CCCC21. The van der Waals surface area contributed by atoms with Gasteiger partial charge in [0, 0.05) is 6.04 Å². The van der Waals surface area contributed by atoms with Crippen molar-refractivity contribution in [2.75, 3.05) is 19.6 Å². The molecule has 2 aliphatic rings. The van der Waals surface area contributed by atoms with E-state index in [0.29, 0.717) is 5.92 Å². The zero-order chi connectivity index (χ0) is 10.7. The third kappa shape index (κ3) is 2.73. The maximum absolute atomic E-state index is 5.68. The summed E-state index contributed by atoms with van der Waals surface area (Å²) in [6, 6.07) is 0.934. The Morgan fingerprint density at radius 1 is 1.27 bits per heavy atom. The Labute approximate surface area is 94.2 Å². The third-order valence-corrected chi connectivity index (χ3v) is 4.42. The molecule has 2 N–H and O–H groups in total. The Hall–Kier alpha value is -0.0800. The first kappa shape index (κ1) is 11.4. The molecule has 88 valence electrons. The average molecular weight is 210 g/mol. The highest BCUT2D eigenvalue weighted by Crippen LogP contribution is 2.36. The summed E-state index contributed by atoms with van der Waals surface area (Å²) in [6.07, 6.45) is 8.64. The summed E-state index contributed by atoms with van der Waals surface area (Å²) in [4.78, 5) is 2.76. The first-order valence-electron chi connectivity index (χ1n) is 6.75. The summed E-state index contributed by atoms with van der Waals surface area (Å²) < 4.78 is 0. The molecule has 0 aromatic heterocycles. The van der Waals surface area contributed by atoms with Crippen LogP contribution in [0.5, 0.6) is 0 Å². The van der Waals surface area contributed by atoms with E-state index in [4.69, 9.17) is 5.73 Å². The minimum atomic E-state index is 0.701. The van der Waals surface area contributed by atoms with Crippen molar-refractivity contribution < 1.29 is 0 Å². The zero-order valence-corrected chi connectivity index (χ0v) is 10.1. The molecule has 0 aromatic rings. The lowest BCUT2D eigenvalue weighted by atomic mass is 9.91. The fraction of sp³-hybridized carbons (Fsp3) is 1.00. The number of hydrogen-bond acceptors (Lipinski definition) is 2. The standard InChI is InChI=1S/C13H26N2/c1-11(10-14)7-9-15-8-3-5-12-4-2-6-13(12)15/h11-13H,2-10,14H2,1H3. The largest absolute Gasteiger partial charge is 0.330 e. The zero-order valence-electron chi connectivity index (χ0n) is 10.1. The normalized spacial score (nSPS) is 34.0. The Bertz CT molecular complexity index is 193. The molecule has 15 heavy (non-hydrogen) atoms. The molecule has 3 unspecified atom stereocenters. The van der Waals surface area contributed by atoms with Crippen molar-refractivity contribution in [3.8, 4) is 0 Å². The lowest BCUT2D eigenvalue weighted by Crippen LogP contribution is -2.43. The second-order valence-corrected chi connectivity index (χ2v) is 5.57. The highest BCUT2D eigenvalue weighted by Gasteiger charge is 2.34. The number of nitrogens with zero attached hydrogens (tertiary/aromatic N) is 1. The molecule has 0 bridgehead atoms. The molecule has 0 spiro atoms. The summed E-state index contributed by atoms with van der Waals surface area (Å²) in [5.41, 5.74) is 5.68. The van der Waals surface area contributed by atoms with Crippen LogP contribution in [0.3, 0.4) is 0 Å². The van der Waals surface area contributed by atoms with E-state index in [1.54, 1.807) is 0 Å². The molecule has 2 heteroatoms. The van der Waals surface area contributed by atoms with Gasteiger partial charge in [-0.05, 0) is 63.6 Å². The van der Waals surface area contributed by atoms with Crippen LogP contribution in [0, 0.1) is 11.8 Å². The van der Waals surface area contributed by atoms with Crippen molar-refractivity contribution in [2.45, 2.75) is 51.5 Å². The fourth-order valence-corrected chi connectivity index (χ4v) is 3.34. The Kier molecular flexibility index (Phi) is 4.04. The number of hydrogen-bond donors (Lipinski definition) is 1. The van der Waals surface area contributed by atoms with Crippen LogP contribution in [0.2, 0.25) is 0 Å². The summed E-state index contributed by atoms with van der Waals surface area (Å²) in [7, 11) is 0. The van der Waals surface area contributed by atoms with Gasteiger partial charge in [0.25, 0.3) is 0 Å². The van der Waals surface area contributed by atoms with E-state index in [2.05, 4.69) is 11.8 Å². The van der Waals surface area contributed by atoms with Crippen molar-refractivity contribution in [1.82, 2.24) is 4.90 Å². The molecule has 0 amide bonds. The van der Waals surface area contributed by atoms with Gasteiger partial charge in [-0.15, -0.1) is 0 Å². The molecular weight excluding hydrogens is 184 g/mol. The Morgan fingerprint density at radius 2 is 2.07 bits per heavy atom. The van der Waals surface area contributed by atoms with Crippen LogP contribution in [-0.2, 0) is 0 Å². The molecule has 0 radical (unpaired) electrons. The van der Waals surface area contributed by atoms with E-state index in [-0.39, 0.29) is 0 Å². The monoisotopic (exact) mass is 210 g/mol. The number of likely N-dealkylation sites (tertiary alicyclic amines) is 1. The van der Waals surface area contributed by atoms with Crippen LogP contribution in [0.4, 0.5) is 0 Å². The molecule has 2 nitrogen and oxygen atoms in total. The summed E-state index contributed by atoms with van der Waals surface area (Å²) in [5, 5.41) is 0. The smallest absolute Gasteiger partial charge is 0.0123 e. The second kappa shape index (κ2) is 5.31. The van der Waals surface area contributed by atoms with E-state index in [1.165, 1.54) is 51.6 Å². The number of fused-ring (bicyclic) bond motifs is 1. The van der Waals surface area contributed by atoms with E-state index in [1.807, 2.05) is 0 Å². The Morgan fingerprint density at radius 3 is 2.87 bits per heavy atom. The molecule has 1 aliphatic heterocycles. The molecule has 1 saturated carbocycles. The van der Waals surface area contributed by atoms with Crippen molar-refractivity contribution in [3.63, 3.8) is 0 Å². The van der Waals surface area contributed by atoms with E-state index >= 15 is 0 Å². The quantitative estimate of drug-likeness (QED) is 0.771. The summed E-state index contributed by atoms with van der Waals surface area (Å²) in [5.74, 6) is 1.73. The van der Waals surface area contributed by atoms with Crippen LogP contribution in [0.15, 0.2) is 0 Å². The van der Waals surface area contributed by atoms with Gasteiger partial charge in [-0.25, -0.2) is 0 Å². The molecule has 2 fully saturated rings. The molecule has 0 aromatic carbocycles. The fourth-order valence-electron chi connectivity index (χ4n) is 3.34. The Balaban J connectivity index is 1.80. The number of rotatable bonds is 4. The predicted octanol–water partition coefficient (Wildman–Crippen LogP) is 2.24. The van der Waals surface area contributed by atoms with Gasteiger partial charge in [-0.2, -0.15) is 0 Å². The molecule has 1 aliphatic carbocycles. The minimum Gasteiger partial charge on any atom is -0.330 e. The van der Waals surface area contributed by atoms with Gasteiger partial charge in [-0.1, -0.05) is 13.3 Å². The van der Waals surface area contributed by atoms with Crippen molar-refractivity contribution in [2.24, 2.45) is 17.6 Å². The van der Waals surface area contributed by atoms with Gasteiger partial charge in [0.1, 0.15) is 0 Å². The number of nitrogens with two attached hydrogens (primary N) is 1. The summed E-state index contributed by atoms with van der Waals surface area (Å²) in [6.45, 7) is 5.76. The first-order valence-corrected chi connectivity index (χ1v) is 6.75. The van der Waals surface area contributed by atoms with Gasteiger partial charge in [-0.3, -0.25) is 0 Å². The van der Waals surface area contributed by atoms with Gasteiger partial charge >= 0.3 is 0 Å². The average Bonchev–Trinajstić information content (AvgIpc) is 2.74.